The molecular formula is C14H20FN5O. The maximum Gasteiger partial charge on any atom is 0.213 e. The highest BCUT2D eigenvalue weighted by molar-refractivity contribution is 5.39. The first kappa shape index (κ1) is 15.4. The summed E-state index contributed by atoms with van der Waals surface area (Å²) in [6, 6.07) is 1.68. The van der Waals surface area contributed by atoms with Crippen LogP contribution in [-0.4, -0.2) is 27.2 Å². The standard InChI is InChI=1S/C14H20FN5O/c1-14(2,3)19-8-10-4-6-16-13(12(10)15)17-7-5-11-18-9-21-20-11/h4,6,9,19H,5,7-8H2,1-3H3,(H,16,17). The number of nitrogens with one attached hydrogen (secondary N) is 2. The topological polar surface area (TPSA) is 75.9 Å². The van der Waals surface area contributed by atoms with Crippen LogP contribution in [-0.2, 0) is 13.0 Å². The zero-order chi connectivity index (χ0) is 15.3. The van der Waals surface area contributed by atoms with Crippen LogP contribution in [0.3, 0.4) is 0 Å². The Kier molecular flexibility index (Phi) is 4.85. The second-order valence-electron chi connectivity index (χ2n) is 5.76. The molecule has 0 amide bonds. The number of pyridine rings is 1. The number of hydrogen-bond donors (Lipinski definition) is 2. The molecule has 2 aromatic heterocycles. The molecule has 2 aromatic rings. The van der Waals surface area contributed by atoms with Crippen LogP contribution >= 0.6 is 0 Å². The third kappa shape index (κ3) is 4.78. The third-order valence-electron chi connectivity index (χ3n) is 2.83. The van der Waals surface area contributed by atoms with Crippen molar-refractivity contribution in [2.24, 2.45) is 0 Å². The number of nitrogens with zero attached hydrogens (tertiary/aromatic N) is 3. The predicted molar refractivity (Wildman–Crippen MR) is 77.3 cm³/mol. The van der Waals surface area contributed by atoms with Crippen LogP contribution in [0.25, 0.3) is 0 Å². The van der Waals surface area contributed by atoms with E-state index in [4.69, 9.17) is 0 Å². The van der Waals surface area contributed by atoms with E-state index in [0.717, 1.165) is 0 Å². The van der Waals surface area contributed by atoms with Crippen molar-refractivity contribution in [1.29, 1.82) is 0 Å². The molecule has 0 fully saturated rings. The summed E-state index contributed by atoms with van der Waals surface area (Å²) in [5, 5.41) is 9.90. The van der Waals surface area contributed by atoms with Gasteiger partial charge in [-0.15, -0.1) is 0 Å². The highest BCUT2D eigenvalue weighted by atomic mass is 19.1. The molecule has 6 nitrogen and oxygen atoms in total. The molecule has 0 aliphatic rings. The molecule has 21 heavy (non-hydrogen) atoms. The van der Waals surface area contributed by atoms with Crippen molar-refractivity contribution in [3.05, 3.63) is 35.9 Å². The Morgan fingerprint density at radius 1 is 1.29 bits per heavy atom. The smallest absolute Gasteiger partial charge is 0.213 e. The fourth-order valence-corrected chi connectivity index (χ4v) is 1.70. The maximum atomic E-state index is 14.3. The molecule has 0 saturated carbocycles. The lowest BCUT2D eigenvalue weighted by atomic mass is 10.1. The minimum Gasteiger partial charge on any atom is -0.367 e. The monoisotopic (exact) mass is 293 g/mol. The van der Waals surface area contributed by atoms with Gasteiger partial charge < -0.3 is 15.2 Å². The SMILES string of the molecule is CC(C)(C)NCc1ccnc(NCCc2ncon2)c1F. The molecular weight excluding hydrogens is 273 g/mol. The van der Waals surface area contributed by atoms with Gasteiger partial charge in [0.2, 0.25) is 6.39 Å². The number of halogens is 1. The second kappa shape index (κ2) is 6.62. The Balaban J connectivity index is 1.93. The Morgan fingerprint density at radius 2 is 2.10 bits per heavy atom. The summed E-state index contributed by atoms with van der Waals surface area (Å²) < 4.78 is 18.9. The maximum absolute atomic E-state index is 14.3. The van der Waals surface area contributed by atoms with Gasteiger partial charge in [0, 0.05) is 36.8 Å². The lowest BCUT2D eigenvalue weighted by Gasteiger charge is -2.21. The van der Waals surface area contributed by atoms with Crippen molar-refractivity contribution >= 4 is 5.82 Å². The Labute approximate surface area is 123 Å². The normalized spacial score (nSPS) is 11.6. The lowest BCUT2D eigenvalue weighted by Crippen LogP contribution is -2.35. The third-order valence-corrected chi connectivity index (χ3v) is 2.83. The van der Waals surface area contributed by atoms with Crippen molar-refractivity contribution in [3.8, 4) is 0 Å². The van der Waals surface area contributed by atoms with Gasteiger partial charge in [-0.3, -0.25) is 0 Å². The summed E-state index contributed by atoms with van der Waals surface area (Å²) in [5.74, 6) is 0.488. The number of aromatic nitrogens is 3. The highest BCUT2D eigenvalue weighted by Gasteiger charge is 2.13. The van der Waals surface area contributed by atoms with E-state index in [2.05, 4.69) is 30.3 Å². The van der Waals surface area contributed by atoms with Gasteiger partial charge in [-0.25, -0.2) is 9.37 Å². The van der Waals surface area contributed by atoms with E-state index in [0.29, 0.717) is 30.9 Å². The molecule has 7 heteroatoms. The van der Waals surface area contributed by atoms with Gasteiger partial charge in [0.25, 0.3) is 0 Å². The minimum atomic E-state index is -0.331. The summed E-state index contributed by atoms with van der Waals surface area (Å²) in [6.07, 6.45) is 3.41. The van der Waals surface area contributed by atoms with E-state index in [1.807, 2.05) is 20.8 Å². The molecule has 114 valence electrons. The molecule has 2 heterocycles. The molecule has 0 aliphatic carbocycles. The molecule has 0 unspecified atom stereocenters. The second-order valence-corrected chi connectivity index (χ2v) is 5.76. The van der Waals surface area contributed by atoms with E-state index in [-0.39, 0.29) is 17.2 Å². The molecule has 0 radical (unpaired) electrons. The van der Waals surface area contributed by atoms with Gasteiger partial charge in [0.05, 0.1) is 0 Å². The molecule has 0 atom stereocenters. The molecule has 0 saturated heterocycles. The van der Waals surface area contributed by atoms with Crippen molar-refractivity contribution in [2.75, 3.05) is 11.9 Å². The zero-order valence-corrected chi connectivity index (χ0v) is 12.5. The van der Waals surface area contributed by atoms with Crippen LogP contribution in [0, 0.1) is 5.82 Å². The van der Waals surface area contributed by atoms with Gasteiger partial charge in [0.1, 0.15) is 0 Å². The largest absolute Gasteiger partial charge is 0.367 e. The van der Waals surface area contributed by atoms with Crippen molar-refractivity contribution in [1.82, 2.24) is 20.4 Å². The molecule has 2 N–H and O–H groups in total. The Morgan fingerprint density at radius 3 is 2.76 bits per heavy atom. The van der Waals surface area contributed by atoms with E-state index in [9.17, 15) is 4.39 Å². The lowest BCUT2D eigenvalue weighted by molar-refractivity contribution is 0.410. The van der Waals surface area contributed by atoms with Crippen molar-refractivity contribution < 1.29 is 8.91 Å². The van der Waals surface area contributed by atoms with Gasteiger partial charge in [-0.2, -0.15) is 4.98 Å². The van der Waals surface area contributed by atoms with Crippen LogP contribution in [0.5, 0.6) is 0 Å². The first-order valence-corrected chi connectivity index (χ1v) is 6.83. The van der Waals surface area contributed by atoms with Crippen LogP contribution < -0.4 is 10.6 Å². The van der Waals surface area contributed by atoms with Crippen molar-refractivity contribution in [2.45, 2.75) is 39.3 Å². The number of hydrogen-bond acceptors (Lipinski definition) is 6. The number of rotatable bonds is 6. The average Bonchev–Trinajstić information content (AvgIpc) is 2.91. The summed E-state index contributed by atoms with van der Waals surface area (Å²) >= 11 is 0. The Hall–Kier alpha value is -2.02. The zero-order valence-electron chi connectivity index (χ0n) is 12.5. The van der Waals surface area contributed by atoms with Gasteiger partial charge >= 0.3 is 0 Å². The van der Waals surface area contributed by atoms with E-state index in [1.165, 1.54) is 6.39 Å². The van der Waals surface area contributed by atoms with Crippen molar-refractivity contribution in [3.63, 3.8) is 0 Å². The Bertz CT molecular complexity index is 565. The first-order valence-electron chi connectivity index (χ1n) is 6.83. The van der Waals surface area contributed by atoms with Gasteiger partial charge in [-0.05, 0) is 26.8 Å². The van der Waals surface area contributed by atoms with E-state index in [1.54, 1.807) is 12.3 Å². The van der Waals surface area contributed by atoms with Gasteiger partial charge in [0.15, 0.2) is 17.5 Å². The molecule has 0 aliphatic heterocycles. The summed E-state index contributed by atoms with van der Waals surface area (Å²) in [6.45, 7) is 7.06. The number of anilines is 1. The van der Waals surface area contributed by atoms with Crippen LogP contribution in [0.1, 0.15) is 32.2 Å². The average molecular weight is 293 g/mol. The van der Waals surface area contributed by atoms with E-state index < -0.39 is 0 Å². The first-order chi connectivity index (χ1) is 9.96. The van der Waals surface area contributed by atoms with Crippen LogP contribution in [0.15, 0.2) is 23.2 Å². The fraction of sp³-hybridized carbons (Fsp3) is 0.500. The summed E-state index contributed by atoms with van der Waals surface area (Å²) in [7, 11) is 0. The van der Waals surface area contributed by atoms with E-state index >= 15 is 0 Å². The fourth-order valence-electron chi connectivity index (χ4n) is 1.70. The highest BCUT2D eigenvalue weighted by Crippen LogP contribution is 2.16. The molecule has 2 rings (SSSR count). The minimum absolute atomic E-state index is 0.0675. The van der Waals surface area contributed by atoms with Crippen LogP contribution in [0.2, 0.25) is 0 Å². The summed E-state index contributed by atoms with van der Waals surface area (Å²) in [5.41, 5.74) is 0.518. The van der Waals surface area contributed by atoms with Gasteiger partial charge in [-0.1, -0.05) is 5.16 Å². The van der Waals surface area contributed by atoms with Crippen LogP contribution in [0.4, 0.5) is 10.2 Å². The quantitative estimate of drug-likeness (QED) is 0.850. The molecule has 0 spiro atoms. The predicted octanol–water partition coefficient (Wildman–Crippen LogP) is 2.15. The molecule has 0 bridgehead atoms. The molecule has 0 aromatic carbocycles. The summed E-state index contributed by atoms with van der Waals surface area (Å²) in [4.78, 5) is 7.93.